The van der Waals surface area contributed by atoms with Crippen LogP contribution in [0.4, 0.5) is 5.69 Å². The maximum Gasteiger partial charge on any atom is 0.191 e. The summed E-state index contributed by atoms with van der Waals surface area (Å²) < 4.78 is 5.50. The quantitative estimate of drug-likeness (QED) is 0.589. The van der Waals surface area contributed by atoms with Gasteiger partial charge in [0.1, 0.15) is 5.75 Å². The fourth-order valence-electron chi connectivity index (χ4n) is 3.22. The van der Waals surface area contributed by atoms with Crippen LogP contribution in [-0.4, -0.2) is 44.2 Å². The minimum absolute atomic E-state index is 0.350. The van der Waals surface area contributed by atoms with Gasteiger partial charge in [0.05, 0.1) is 30.0 Å². The van der Waals surface area contributed by atoms with E-state index in [2.05, 4.69) is 56.9 Å². The van der Waals surface area contributed by atoms with Crippen molar-refractivity contribution in [2.45, 2.75) is 38.8 Å². The molecule has 1 aromatic heterocycles. The van der Waals surface area contributed by atoms with Crippen LogP contribution in [0.15, 0.2) is 34.6 Å². The minimum atomic E-state index is 0.350. The Morgan fingerprint density at radius 2 is 2.22 bits per heavy atom. The summed E-state index contributed by atoms with van der Waals surface area (Å²) in [6.07, 6.45) is 1.06. The summed E-state index contributed by atoms with van der Waals surface area (Å²) in [7, 11) is 3.53. The molecule has 2 N–H and O–H groups in total. The summed E-state index contributed by atoms with van der Waals surface area (Å²) >= 11 is 1.72. The lowest BCUT2D eigenvalue weighted by atomic mass is 10.2. The molecule has 2 heterocycles. The van der Waals surface area contributed by atoms with E-state index in [0.29, 0.717) is 18.5 Å². The average Bonchev–Trinajstić information content (AvgIpc) is 3.34. The Balaban J connectivity index is 1.53. The molecule has 1 aliphatic heterocycles. The van der Waals surface area contributed by atoms with Gasteiger partial charge >= 0.3 is 0 Å². The summed E-state index contributed by atoms with van der Waals surface area (Å²) in [4.78, 5) is 11.4. The van der Waals surface area contributed by atoms with Gasteiger partial charge in [0.15, 0.2) is 5.96 Å². The zero-order valence-electron chi connectivity index (χ0n) is 16.5. The first kappa shape index (κ1) is 19.5. The van der Waals surface area contributed by atoms with Gasteiger partial charge in [0.25, 0.3) is 0 Å². The van der Waals surface area contributed by atoms with Crippen molar-refractivity contribution in [3.63, 3.8) is 0 Å². The Kier molecular flexibility index (Phi) is 6.55. The Hall–Kier alpha value is -2.28. The van der Waals surface area contributed by atoms with Crippen LogP contribution in [0.3, 0.4) is 0 Å². The van der Waals surface area contributed by atoms with Crippen molar-refractivity contribution in [2.75, 3.05) is 32.1 Å². The number of nitrogens with zero attached hydrogens (tertiary/aromatic N) is 3. The molecule has 7 heteroatoms. The molecular weight excluding hydrogens is 358 g/mol. The molecular formula is C20H29N5OS. The third-order valence-electron chi connectivity index (χ3n) is 4.68. The fourth-order valence-corrected chi connectivity index (χ4v) is 4.05. The van der Waals surface area contributed by atoms with E-state index in [1.54, 1.807) is 18.4 Å². The lowest BCUT2D eigenvalue weighted by Crippen LogP contribution is -2.44. The molecule has 3 rings (SSSR count). The van der Waals surface area contributed by atoms with Gasteiger partial charge in [0.2, 0.25) is 0 Å². The zero-order chi connectivity index (χ0) is 19.2. The average molecular weight is 388 g/mol. The fraction of sp³-hybridized carbons (Fsp3) is 0.500. The van der Waals surface area contributed by atoms with Crippen LogP contribution in [0, 0.1) is 0 Å². The lowest BCUT2D eigenvalue weighted by Gasteiger charge is -2.22. The summed E-state index contributed by atoms with van der Waals surface area (Å²) in [6.45, 7) is 6.95. The summed E-state index contributed by atoms with van der Waals surface area (Å²) in [5.41, 5.74) is 2.21. The Bertz CT molecular complexity index is 773. The van der Waals surface area contributed by atoms with E-state index in [0.717, 1.165) is 42.6 Å². The first-order chi connectivity index (χ1) is 13.1. The van der Waals surface area contributed by atoms with E-state index in [9.17, 15) is 0 Å². The molecule has 0 amide bonds. The van der Waals surface area contributed by atoms with Crippen molar-refractivity contribution >= 4 is 23.0 Å². The van der Waals surface area contributed by atoms with E-state index in [4.69, 9.17) is 4.74 Å². The number of guanidine groups is 1. The molecule has 27 heavy (non-hydrogen) atoms. The van der Waals surface area contributed by atoms with Crippen LogP contribution in [0.25, 0.3) is 0 Å². The second kappa shape index (κ2) is 9.08. The Labute approximate surface area is 165 Å². The van der Waals surface area contributed by atoms with Crippen molar-refractivity contribution in [3.8, 4) is 5.75 Å². The van der Waals surface area contributed by atoms with E-state index in [1.165, 1.54) is 5.01 Å². The van der Waals surface area contributed by atoms with Gasteiger partial charge in [-0.05, 0) is 18.6 Å². The van der Waals surface area contributed by atoms with Crippen LogP contribution in [0.5, 0.6) is 5.75 Å². The first-order valence-corrected chi connectivity index (χ1v) is 10.3. The predicted molar refractivity (Wildman–Crippen MR) is 113 cm³/mol. The van der Waals surface area contributed by atoms with Crippen molar-refractivity contribution in [1.82, 2.24) is 15.6 Å². The molecule has 0 spiro atoms. The number of para-hydroxylation sites is 2. The summed E-state index contributed by atoms with van der Waals surface area (Å²) in [5, 5.41) is 10.2. The minimum Gasteiger partial charge on any atom is -0.495 e. The molecule has 1 fully saturated rings. The number of nitrogens with one attached hydrogen (secondary N) is 2. The highest BCUT2D eigenvalue weighted by Crippen LogP contribution is 2.30. The second-order valence-corrected chi connectivity index (χ2v) is 7.90. The molecule has 0 bridgehead atoms. The maximum absolute atomic E-state index is 5.50. The topological polar surface area (TPSA) is 61.8 Å². The molecule has 1 saturated heterocycles. The maximum atomic E-state index is 5.50. The molecule has 1 atom stereocenters. The highest BCUT2D eigenvalue weighted by Gasteiger charge is 2.25. The Morgan fingerprint density at radius 3 is 2.93 bits per heavy atom. The number of aromatic nitrogens is 1. The predicted octanol–water partition coefficient (Wildman–Crippen LogP) is 3.22. The van der Waals surface area contributed by atoms with Gasteiger partial charge < -0.3 is 20.3 Å². The molecule has 0 aliphatic carbocycles. The number of methoxy groups -OCH3 is 1. The number of hydrogen-bond donors (Lipinski definition) is 2. The van der Waals surface area contributed by atoms with Gasteiger partial charge in [-0.15, -0.1) is 11.3 Å². The summed E-state index contributed by atoms with van der Waals surface area (Å²) in [5.74, 6) is 2.21. The Morgan fingerprint density at radius 1 is 1.41 bits per heavy atom. The van der Waals surface area contributed by atoms with Crippen LogP contribution < -0.4 is 20.3 Å². The molecule has 0 radical (unpaired) electrons. The SMILES string of the molecule is CN=C(NCc1csc(C(C)C)n1)NC1CCN(c2ccccc2OC)C1. The number of benzene rings is 1. The zero-order valence-corrected chi connectivity index (χ0v) is 17.3. The molecule has 146 valence electrons. The van der Waals surface area contributed by atoms with Gasteiger partial charge in [-0.25, -0.2) is 4.98 Å². The van der Waals surface area contributed by atoms with Crippen LogP contribution in [-0.2, 0) is 6.54 Å². The summed E-state index contributed by atoms with van der Waals surface area (Å²) in [6, 6.07) is 8.53. The highest BCUT2D eigenvalue weighted by atomic mass is 32.1. The monoisotopic (exact) mass is 387 g/mol. The lowest BCUT2D eigenvalue weighted by molar-refractivity contribution is 0.415. The van der Waals surface area contributed by atoms with Gasteiger partial charge in [0, 0.05) is 37.5 Å². The van der Waals surface area contributed by atoms with Gasteiger partial charge in [-0.2, -0.15) is 0 Å². The molecule has 1 unspecified atom stereocenters. The number of ether oxygens (including phenoxy) is 1. The highest BCUT2D eigenvalue weighted by molar-refractivity contribution is 7.09. The molecule has 0 saturated carbocycles. The molecule has 2 aromatic rings. The van der Waals surface area contributed by atoms with Crippen molar-refractivity contribution in [3.05, 3.63) is 40.3 Å². The third-order valence-corrected chi connectivity index (χ3v) is 5.87. The largest absolute Gasteiger partial charge is 0.495 e. The van der Waals surface area contributed by atoms with Crippen molar-refractivity contribution in [1.29, 1.82) is 0 Å². The van der Waals surface area contributed by atoms with E-state index in [-0.39, 0.29) is 0 Å². The van der Waals surface area contributed by atoms with Crippen LogP contribution in [0.2, 0.25) is 0 Å². The van der Waals surface area contributed by atoms with Gasteiger partial charge in [-0.1, -0.05) is 26.0 Å². The van der Waals surface area contributed by atoms with Crippen LogP contribution >= 0.6 is 11.3 Å². The molecule has 6 nitrogen and oxygen atoms in total. The third kappa shape index (κ3) is 4.91. The smallest absolute Gasteiger partial charge is 0.191 e. The van der Waals surface area contributed by atoms with Gasteiger partial charge in [-0.3, -0.25) is 4.99 Å². The second-order valence-electron chi connectivity index (χ2n) is 7.01. The molecule has 1 aliphatic rings. The van der Waals surface area contributed by atoms with Crippen LogP contribution in [0.1, 0.15) is 36.9 Å². The number of hydrogen-bond acceptors (Lipinski definition) is 5. The number of rotatable bonds is 6. The van der Waals surface area contributed by atoms with Crippen molar-refractivity contribution in [2.24, 2.45) is 4.99 Å². The van der Waals surface area contributed by atoms with Crippen molar-refractivity contribution < 1.29 is 4.74 Å². The normalized spacial score (nSPS) is 17.4. The standard InChI is InChI=1S/C20H29N5OS/c1-14(2)19-23-16(13-27-19)11-22-20(21-3)24-15-9-10-25(12-15)17-7-5-6-8-18(17)26-4/h5-8,13-15H,9-12H2,1-4H3,(H2,21,22,24). The van der Waals surface area contributed by atoms with E-state index in [1.807, 2.05) is 19.2 Å². The molecule has 1 aromatic carbocycles. The number of aliphatic imine (C=N–C) groups is 1. The number of anilines is 1. The van der Waals surface area contributed by atoms with E-state index >= 15 is 0 Å². The van der Waals surface area contributed by atoms with E-state index < -0.39 is 0 Å². The first-order valence-electron chi connectivity index (χ1n) is 9.40. The number of thiazole rings is 1.